The topological polar surface area (TPSA) is 20.2 Å². The van der Waals surface area contributed by atoms with Gasteiger partial charge in [0.15, 0.2) is 11.6 Å². The molecule has 1 aromatic carbocycles. The molecule has 0 aliphatic rings. The Hall–Kier alpha value is -0.960. The average molecular weight is 256 g/mol. The minimum atomic E-state index is -0.821. The van der Waals surface area contributed by atoms with Gasteiger partial charge in [-0.1, -0.05) is 32.8 Å². The summed E-state index contributed by atoms with van der Waals surface area (Å²) in [4.78, 5) is 0. The van der Waals surface area contributed by atoms with Crippen LogP contribution in [0, 0.1) is 17.0 Å². The molecular formula is C15H22F2O. The number of hydrogen-bond acceptors (Lipinski definition) is 1. The molecule has 1 nitrogen and oxygen atoms in total. The van der Waals surface area contributed by atoms with E-state index >= 15 is 0 Å². The fourth-order valence-corrected chi connectivity index (χ4v) is 2.27. The van der Waals surface area contributed by atoms with Crippen LogP contribution in [0.4, 0.5) is 8.78 Å². The summed E-state index contributed by atoms with van der Waals surface area (Å²) in [5, 5.41) is 9.62. The first-order valence-corrected chi connectivity index (χ1v) is 6.61. The zero-order chi connectivity index (χ0) is 13.6. The maximum absolute atomic E-state index is 13.2. The number of benzene rings is 1. The summed E-state index contributed by atoms with van der Waals surface area (Å²) in [7, 11) is 0. The number of aliphatic hydroxyl groups is 1. The van der Waals surface area contributed by atoms with Gasteiger partial charge in [0.05, 0.1) is 0 Å². The number of aliphatic hydroxyl groups excluding tert-OH is 1. The van der Waals surface area contributed by atoms with Gasteiger partial charge in [-0.3, -0.25) is 0 Å². The third kappa shape index (κ3) is 3.77. The van der Waals surface area contributed by atoms with Crippen LogP contribution in [0.25, 0.3) is 0 Å². The second kappa shape index (κ2) is 6.83. The maximum Gasteiger partial charge on any atom is 0.159 e. The molecule has 0 amide bonds. The van der Waals surface area contributed by atoms with E-state index in [0.29, 0.717) is 6.42 Å². The van der Waals surface area contributed by atoms with E-state index in [0.717, 1.165) is 37.3 Å². The zero-order valence-electron chi connectivity index (χ0n) is 11.2. The molecule has 0 saturated carbocycles. The van der Waals surface area contributed by atoms with Crippen LogP contribution in [0.3, 0.4) is 0 Å². The Morgan fingerprint density at radius 3 is 2.39 bits per heavy atom. The molecule has 0 aromatic heterocycles. The lowest BCUT2D eigenvalue weighted by atomic mass is 9.76. The van der Waals surface area contributed by atoms with Gasteiger partial charge in [-0.05, 0) is 42.4 Å². The van der Waals surface area contributed by atoms with Gasteiger partial charge in [-0.2, -0.15) is 0 Å². The van der Waals surface area contributed by atoms with Gasteiger partial charge in [0.1, 0.15) is 0 Å². The van der Waals surface area contributed by atoms with Crippen LogP contribution in [0.15, 0.2) is 18.2 Å². The summed E-state index contributed by atoms with van der Waals surface area (Å²) in [5.41, 5.74) is 0.543. The van der Waals surface area contributed by atoms with E-state index in [4.69, 9.17) is 0 Å². The minimum absolute atomic E-state index is 0.0858. The van der Waals surface area contributed by atoms with E-state index in [1.165, 1.54) is 6.07 Å². The summed E-state index contributed by atoms with van der Waals surface area (Å²) in [6, 6.07) is 3.99. The molecular weight excluding hydrogens is 234 g/mol. The van der Waals surface area contributed by atoms with Crippen molar-refractivity contribution in [2.24, 2.45) is 5.41 Å². The Morgan fingerprint density at radius 1 is 1.17 bits per heavy atom. The van der Waals surface area contributed by atoms with Crippen LogP contribution in [-0.2, 0) is 6.42 Å². The standard InChI is InChI=1S/C15H22F2O/c1-3-5-8-15(4-2,11-18)10-12-6-7-13(16)14(17)9-12/h6-7,9,18H,3-5,8,10-11H2,1-2H3. The summed E-state index contributed by atoms with van der Waals surface area (Å²) in [5.74, 6) is -1.63. The normalized spacial score (nSPS) is 14.5. The van der Waals surface area contributed by atoms with Gasteiger partial charge in [-0.25, -0.2) is 8.78 Å². The van der Waals surface area contributed by atoms with Crippen LogP contribution in [0.1, 0.15) is 45.1 Å². The van der Waals surface area contributed by atoms with Crippen molar-refractivity contribution in [3.05, 3.63) is 35.4 Å². The average Bonchev–Trinajstić information content (AvgIpc) is 2.39. The Morgan fingerprint density at radius 2 is 1.89 bits per heavy atom. The quantitative estimate of drug-likeness (QED) is 0.779. The first kappa shape index (κ1) is 15.1. The molecule has 1 aromatic rings. The van der Waals surface area contributed by atoms with Crippen molar-refractivity contribution >= 4 is 0 Å². The van der Waals surface area contributed by atoms with Crippen LogP contribution in [-0.4, -0.2) is 11.7 Å². The van der Waals surface area contributed by atoms with Crippen molar-refractivity contribution in [2.75, 3.05) is 6.61 Å². The zero-order valence-corrected chi connectivity index (χ0v) is 11.2. The van der Waals surface area contributed by atoms with E-state index in [-0.39, 0.29) is 12.0 Å². The predicted octanol–water partition coefficient (Wildman–Crippen LogP) is 4.09. The SMILES string of the molecule is CCCCC(CC)(CO)Cc1ccc(F)c(F)c1. The molecule has 0 bridgehead atoms. The number of unbranched alkanes of at least 4 members (excludes halogenated alkanes) is 1. The van der Waals surface area contributed by atoms with E-state index in [2.05, 4.69) is 6.92 Å². The molecule has 18 heavy (non-hydrogen) atoms. The first-order valence-electron chi connectivity index (χ1n) is 6.61. The highest BCUT2D eigenvalue weighted by molar-refractivity contribution is 5.19. The van der Waals surface area contributed by atoms with E-state index < -0.39 is 11.6 Å². The minimum Gasteiger partial charge on any atom is -0.396 e. The third-order valence-corrected chi connectivity index (χ3v) is 3.71. The second-order valence-corrected chi connectivity index (χ2v) is 5.04. The van der Waals surface area contributed by atoms with Gasteiger partial charge in [0.2, 0.25) is 0 Å². The lowest BCUT2D eigenvalue weighted by Gasteiger charge is -2.31. The third-order valence-electron chi connectivity index (χ3n) is 3.71. The lowest BCUT2D eigenvalue weighted by Crippen LogP contribution is -2.27. The Balaban J connectivity index is 2.84. The van der Waals surface area contributed by atoms with Crippen molar-refractivity contribution in [1.82, 2.24) is 0 Å². The predicted molar refractivity (Wildman–Crippen MR) is 69.4 cm³/mol. The van der Waals surface area contributed by atoms with E-state index in [1.807, 2.05) is 6.92 Å². The van der Waals surface area contributed by atoms with Gasteiger partial charge < -0.3 is 5.11 Å². The fraction of sp³-hybridized carbons (Fsp3) is 0.600. The van der Waals surface area contributed by atoms with Crippen molar-refractivity contribution in [2.45, 2.75) is 46.0 Å². The lowest BCUT2D eigenvalue weighted by molar-refractivity contribution is 0.107. The Kier molecular flexibility index (Phi) is 5.73. The van der Waals surface area contributed by atoms with Gasteiger partial charge in [-0.15, -0.1) is 0 Å². The highest BCUT2D eigenvalue weighted by Gasteiger charge is 2.27. The number of rotatable bonds is 7. The molecule has 0 aliphatic carbocycles. The molecule has 1 unspecified atom stereocenters. The Bertz CT molecular complexity index is 373. The highest BCUT2D eigenvalue weighted by Crippen LogP contribution is 2.32. The summed E-state index contributed by atoms with van der Waals surface area (Å²) < 4.78 is 26.1. The summed E-state index contributed by atoms with van der Waals surface area (Å²) in [6.45, 7) is 4.23. The highest BCUT2D eigenvalue weighted by atomic mass is 19.2. The smallest absolute Gasteiger partial charge is 0.159 e. The molecule has 0 radical (unpaired) electrons. The molecule has 0 spiro atoms. The van der Waals surface area contributed by atoms with Crippen LogP contribution >= 0.6 is 0 Å². The van der Waals surface area contributed by atoms with Crippen LogP contribution in [0.2, 0.25) is 0 Å². The molecule has 0 aliphatic heterocycles. The van der Waals surface area contributed by atoms with Crippen molar-refractivity contribution in [3.63, 3.8) is 0 Å². The largest absolute Gasteiger partial charge is 0.396 e. The van der Waals surface area contributed by atoms with Gasteiger partial charge in [0, 0.05) is 6.61 Å². The number of halogens is 2. The molecule has 1 N–H and O–H groups in total. The van der Waals surface area contributed by atoms with Gasteiger partial charge >= 0.3 is 0 Å². The Labute approximate surface area is 108 Å². The van der Waals surface area contributed by atoms with Crippen molar-refractivity contribution < 1.29 is 13.9 Å². The number of hydrogen-bond donors (Lipinski definition) is 1. The molecule has 3 heteroatoms. The second-order valence-electron chi connectivity index (χ2n) is 5.04. The monoisotopic (exact) mass is 256 g/mol. The molecule has 1 rings (SSSR count). The van der Waals surface area contributed by atoms with Crippen molar-refractivity contribution in [3.8, 4) is 0 Å². The molecule has 0 fully saturated rings. The van der Waals surface area contributed by atoms with Crippen molar-refractivity contribution in [1.29, 1.82) is 0 Å². The van der Waals surface area contributed by atoms with E-state index in [1.54, 1.807) is 6.07 Å². The van der Waals surface area contributed by atoms with Crippen LogP contribution in [0.5, 0.6) is 0 Å². The van der Waals surface area contributed by atoms with E-state index in [9.17, 15) is 13.9 Å². The molecule has 0 saturated heterocycles. The maximum atomic E-state index is 13.2. The van der Waals surface area contributed by atoms with Crippen LogP contribution < -0.4 is 0 Å². The molecule has 1 atom stereocenters. The molecule has 102 valence electrons. The first-order chi connectivity index (χ1) is 8.56. The van der Waals surface area contributed by atoms with Gasteiger partial charge in [0.25, 0.3) is 0 Å². The summed E-state index contributed by atoms with van der Waals surface area (Å²) >= 11 is 0. The molecule has 0 heterocycles. The fourth-order valence-electron chi connectivity index (χ4n) is 2.27. The summed E-state index contributed by atoms with van der Waals surface area (Å²) in [6.07, 6.45) is 4.45.